The van der Waals surface area contributed by atoms with Gasteiger partial charge in [0.1, 0.15) is 0 Å². The van der Waals surface area contributed by atoms with Gasteiger partial charge in [0.15, 0.2) is 0 Å². The monoisotopic (exact) mass is 220 g/mol. The van der Waals surface area contributed by atoms with Crippen molar-refractivity contribution in [3.8, 4) is 0 Å². The highest BCUT2D eigenvalue weighted by molar-refractivity contribution is 6.60. The summed E-state index contributed by atoms with van der Waals surface area (Å²) in [5, 5.41) is 0. The minimum Gasteiger partial charge on any atom is -0.374 e. The van der Waals surface area contributed by atoms with Gasteiger partial charge in [0.25, 0.3) is 0 Å². The molecule has 0 spiro atoms. The zero-order valence-electron chi connectivity index (χ0n) is 10.3. The predicted molar refractivity (Wildman–Crippen MR) is 60.3 cm³/mol. The van der Waals surface area contributed by atoms with Crippen LogP contribution in [0.3, 0.4) is 0 Å². The van der Waals surface area contributed by atoms with E-state index in [1.165, 1.54) is 0 Å². The number of hydrogen-bond donors (Lipinski definition) is 0. The molecule has 3 nitrogen and oxygen atoms in total. The van der Waals surface area contributed by atoms with Gasteiger partial charge in [-0.05, 0) is 34.6 Å². The highest BCUT2D eigenvalue weighted by atomic mass is 28.4. The van der Waals surface area contributed by atoms with Crippen LogP contribution in [0.15, 0.2) is 0 Å². The van der Waals surface area contributed by atoms with Gasteiger partial charge in [-0.2, -0.15) is 0 Å². The second-order valence-electron chi connectivity index (χ2n) is 4.12. The molecule has 0 aromatic rings. The fraction of sp³-hybridized carbons (Fsp3) is 1.00. The Hall–Kier alpha value is 0.0969. The smallest absolute Gasteiger partial charge is 0.374 e. The molecular formula is C10H24O3Si. The fourth-order valence-corrected chi connectivity index (χ4v) is 3.85. The topological polar surface area (TPSA) is 27.7 Å². The van der Waals surface area contributed by atoms with Crippen molar-refractivity contribution in [2.75, 3.05) is 13.2 Å². The molecule has 0 saturated carbocycles. The molecule has 0 bridgehead atoms. The van der Waals surface area contributed by atoms with Gasteiger partial charge in [-0.15, -0.1) is 0 Å². The minimum atomic E-state index is -2.40. The van der Waals surface area contributed by atoms with Crippen LogP contribution < -0.4 is 0 Å². The maximum Gasteiger partial charge on any atom is 0.501 e. The van der Waals surface area contributed by atoms with E-state index in [1.54, 1.807) is 0 Å². The molecule has 0 aromatic heterocycles. The van der Waals surface area contributed by atoms with Crippen molar-refractivity contribution in [1.29, 1.82) is 0 Å². The fourth-order valence-electron chi connectivity index (χ4n) is 1.28. The summed E-state index contributed by atoms with van der Waals surface area (Å²) in [4.78, 5) is 0. The Bertz CT molecular complexity index is 148. The van der Waals surface area contributed by atoms with Crippen molar-refractivity contribution >= 4 is 8.80 Å². The van der Waals surface area contributed by atoms with Gasteiger partial charge < -0.3 is 13.3 Å². The van der Waals surface area contributed by atoms with E-state index in [-0.39, 0.29) is 5.60 Å². The van der Waals surface area contributed by atoms with Crippen LogP contribution in [0.5, 0.6) is 0 Å². The van der Waals surface area contributed by atoms with Crippen LogP contribution in [0.1, 0.15) is 41.5 Å². The highest BCUT2D eigenvalue weighted by Gasteiger charge is 2.42. The third kappa shape index (κ3) is 5.10. The summed E-state index contributed by atoms with van der Waals surface area (Å²) in [5.41, 5.74) is -0.202. The van der Waals surface area contributed by atoms with Gasteiger partial charge >= 0.3 is 8.80 Å². The minimum absolute atomic E-state index is 0.202. The summed E-state index contributed by atoms with van der Waals surface area (Å²) >= 11 is 0. The molecule has 0 unspecified atom stereocenters. The third-order valence-electron chi connectivity index (χ3n) is 1.62. The number of rotatable bonds is 6. The Labute approximate surface area is 89.1 Å². The first-order valence-electron chi connectivity index (χ1n) is 5.37. The maximum absolute atomic E-state index is 5.95. The Morgan fingerprint density at radius 3 is 1.57 bits per heavy atom. The lowest BCUT2D eigenvalue weighted by Crippen LogP contribution is -2.50. The molecule has 14 heavy (non-hydrogen) atoms. The van der Waals surface area contributed by atoms with Gasteiger partial charge in [-0.1, -0.05) is 6.92 Å². The third-order valence-corrected chi connectivity index (χ3v) is 4.87. The van der Waals surface area contributed by atoms with Crippen LogP contribution in [-0.4, -0.2) is 27.6 Å². The molecule has 0 aliphatic rings. The molecule has 0 N–H and O–H groups in total. The van der Waals surface area contributed by atoms with Gasteiger partial charge in [0.2, 0.25) is 0 Å². The summed E-state index contributed by atoms with van der Waals surface area (Å²) in [6.07, 6.45) is 0. The Morgan fingerprint density at radius 2 is 1.36 bits per heavy atom. The van der Waals surface area contributed by atoms with Gasteiger partial charge in [0, 0.05) is 19.3 Å². The molecule has 0 heterocycles. The van der Waals surface area contributed by atoms with E-state index in [4.69, 9.17) is 13.3 Å². The second-order valence-corrected chi connectivity index (χ2v) is 6.97. The molecule has 0 rings (SSSR count). The Morgan fingerprint density at radius 1 is 0.929 bits per heavy atom. The van der Waals surface area contributed by atoms with Crippen LogP contribution >= 0.6 is 0 Å². The SMILES string of the molecule is CCO[Si](CC)(OCC)OC(C)(C)C. The molecule has 0 radical (unpaired) electrons. The Balaban J connectivity index is 4.48. The van der Waals surface area contributed by atoms with Crippen molar-refractivity contribution in [3.05, 3.63) is 0 Å². The van der Waals surface area contributed by atoms with Gasteiger partial charge in [-0.3, -0.25) is 0 Å². The molecule has 0 aliphatic carbocycles. The van der Waals surface area contributed by atoms with E-state index < -0.39 is 8.80 Å². The molecule has 0 saturated heterocycles. The van der Waals surface area contributed by atoms with E-state index in [1.807, 2.05) is 34.6 Å². The summed E-state index contributed by atoms with van der Waals surface area (Å²) in [6, 6.07) is 0.825. The largest absolute Gasteiger partial charge is 0.501 e. The average molecular weight is 220 g/mol. The van der Waals surface area contributed by atoms with Crippen LogP contribution in [0.4, 0.5) is 0 Å². The molecule has 0 aliphatic heterocycles. The number of hydrogen-bond acceptors (Lipinski definition) is 3. The van der Waals surface area contributed by atoms with Crippen LogP contribution in [-0.2, 0) is 13.3 Å². The molecule has 0 aromatic carbocycles. The van der Waals surface area contributed by atoms with E-state index in [0.29, 0.717) is 13.2 Å². The highest BCUT2D eigenvalue weighted by Crippen LogP contribution is 2.22. The summed E-state index contributed by atoms with van der Waals surface area (Å²) < 4.78 is 17.3. The molecule has 0 amide bonds. The zero-order valence-corrected chi connectivity index (χ0v) is 11.3. The van der Waals surface area contributed by atoms with Gasteiger partial charge in [-0.25, -0.2) is 0 Å². The molecule has 0 atom stereocenters. The average Bonchev–Trinajstić information content (AvgIpc) is 2.02. The lowest BCUT2D eigenvalue weighted by Gasteiger charge is -2.34. The predicted octanol–water partition coefficient (Wildman–Crippen LogP) is 2.83. The standard InChI is InChI=1S/C10H24O3Si/c1-7-11-14(9-3,12-8-2)13-10(4,5)6/h7-9H2,1-6H3. The van der Waals surface area contributed by atoms with E-state index in [2.05, 4.69) is 6.92 Å². The van der Waals surface area contributed by atoms with Gasteiger partial charge in [0.05, 0.1) is 5.60 Å². The van der Waals surface area contributed by atoms with Crippen molar-refractivity contribution in [2.45, 2.75) is 53.2 Å². The maximum atomic E-state index is 5.95. The normalized spacial score (nSPS) is 13.3. The molecule has 0 fully saturated rings. The lowest BCUT2D eigenvalue weighted by atomic mass is 10.2. The van der Waals surface area contributed by atoms with Crippen LogP contribution in [0.2, 0.25) is 6.04 Å². The van der Waals surface area contributed by atoms with E-state index >= 15 is 0 Å². The van der Waals surface area contributed by atoms with Crippen molar-refractivity contribution in [1.82, 2.24) is 0 Å². The quantitative estimate of drug-likeness (QED) is 0.644. The lowest BCUT2D eigenvalue weighted by molar-refractivity contribution is 0.000375. The van der Waals surface area contributed by atoms with Crippen molar-refractivity contribution in [2.24, 2.45) is 0 Å². The second kappa shape index (κ2) is 5.85. The van der Waals surface area contributed by atoms with E-state index in [9.17, 15) is 0 Å². The summed E-state index contributed by atoms with van der Waals surface area (Å²) in [5.74, 6) is 0. The van der Waals surface area contributed by atoms with Crippen LogP contribution in [0, 0.1) is 0 Å². The van der Waals surface area contributed by atoms with E-state index in [0.717, 1.165) is 6.04 Å². The first-order chi connectivity index (χ1) is 6.39. The molecule has 86 valence electrons. The first kappa shape index (κ1) is 14.1. The first-order valence-corrected chi connectivity index (χ1v) is 7.30. The Kier molecular flexibility index (Phi) is 5.89. The zero-order chi connectivity index (χ0) is 11.2. The molecule has 4 heteroatoms. The summed E-state index contributed by atoms with van der Waals surface area (Å²) in [6.45, 7) is 13.4. The summed E-state index contributed by atoms with van der Waals surface area (Å²) in [7, 11) is -2.40. The molecular weight excluding hydrogens is 196 g/mol. The van der Waals surface area contributed by atoms with Crippen molar-refractivity contribution < 1.29 is 13.3 Å². The van der Waals surface area contributed by atoms with Crippen LogP contribution in [0.25, 0.3) is 0 Å². The van der Waals surface area contributed by atoms with Crippen molar-refractivity contribution in [3.63, 3.8) is 0 Å².